The smallest absolute Gasteiger partial charge is 0.408 e. The zero-order valence-electron chi connectivity index (χ0n) is 13.3. The minimum Gasteiger partial charge on any atom is -0.444 e. The predicted octanol–water partition coefficient (Wildman–Crippen LogP) is 2.82. The number of rotatable bonds is 3. The van der Waals surface area contributed by atoms with E-state index in [0.29, 0.717) is 6.04 Å². The zero-order chi connectivity index (χ0) is 15.5. The lowest BCUT2D eigenvalue weighted by Gasteiger charge is -2.27. The van der Waals surface area contributed by atoms with Crippen LogP contribution in [-0.4, -0.2) is 34.5 Å². The number of alkyl carbamates (subject to hydrolysis) is 1. The van der Waals surface area contributed by atoms with E-state index >= 15 is 0 Å². The molecule has 0 bridgehead atoms. The minimum absolute atomic E-state index is 0.148. The summed E-state index contributed by atoms with van der Waals surface area (Å²) in [6.07, 6.45) is 5.18. The highest BCUT2D eigenvalue weighted by molar-refractivity contribution is 5.68. The van der Waals surface area contributed by atoms with Gasteiger partial charge < -0.3 is 19.4 Å². The Morgan fingerprint density at radius 1 is 1.48 bits per heavy atom. The van der Waals surface area contributed by atoms with Gasteiger partial charge in [0.1, 0.15) is 5.60 Å². The van der Waals surface area contributed by atoms with Crippen LogP contribution in [0.2, 0.25) is 0 Å². The topological polar surface area (TPSA) is 65.4 Å². The fourth-order valence-corrected chi connectivity index (χ4v) is 2.48. The van der Waals surface area contributed by atoms with Crippen molar-refractivity contribution >= 4 is 6.09 Å². The molecular formula is C15H25N3O3. The van der Waals surface area contributed by atoms with Gasteiger partial charge in [-0.1, -0.05) is 0 Å². The quantitative estimate of drug-likeness (QED) is 0.931. The second-order valence-electron chi connectivity index (χ2n) is 6.44. The van der Waals surface area contributed by atoms with Gasteiger partial charge in [-0.05, 0) is 40.5 Å². The van der Waals surface area contributed by atoms with E-state index < -0.39 is 11.7 Å². The molecule has 6 nitrogen and oxygen atoms in total. The molecule has 1 amide bonds. The molecule has 21 heavy (non-hydrogen) atoms. The molecule has 1 aromatic heterocycles. The van der Waals surface area contributed by atoms with Gasteiger partial charge in [0.2, 0.25) is 0 Å². The van der Waals surface area contributed by atoms with Crippen molar-refractivity contribution in [1.82, 2.24) is 14.9 Å². The van der Waals surface area contributed by atoms with Gasteiger partial charge in [0.15, 0.2) is 0 Å². The van der Waals surface area contributed by atoms with Gasteiger partial charge in [-0.3, -0.25) is 0 Å². The molecule has 0 unspecified atom stereocenters. The first-order valence-electron chi connectivity index (χ1n) is 7.46. The maximum absolute atomic E-state index is 11.9. The maximum atomic E-state index is 11.9. The molecule has 0 radical (unpaired) electrons. The van der Waals surface area contributed by atoms with E-state index in [1.165, 1.54) is 0 Å². The number of carbonyl (C=O) groups is 1. The fraction of sp³-hybridized carbons (Fsp3) is 0.733. The summed E-state index contributed by atoms with van der Waals surface area (Å²) >= 11 is 0. The Morgan fingerprint density at radius 2 is 2.14 bits per heavy atom. The van der Waals surface area contributed by atoms with Crippen LogP contribution < -0.4 is 5.32 Å². The lowest BCUT2D eigenvalue weighted by molar-refractivity contribution is 0.0500. The Kier molecular flexibility index (Phi) is 4.88. The number of carbonyl (C=O) groups excluding carboxylic acids is 1. The molecule has 1 aliphatic rings. The minimum atomic E-state index is -0.495. The van der Waals surface area contributed by atoms with Gasteiger partial charge in [0.25, 0.3) is 0 Å². The van der Waals surface area contributed by atoms with E-state index in [4.69, 9.17) is 9.47 Å². The molecule has 1 atom stereocenters. The zero-order valence-corrected chi connectivity index (χ0v) is 13.3. The summed E-state index contributed by atoms with van der Waals surface area (Å²) < 4.78 is 12.8. The van der Waals surface area contributed by atoms with Crippen LogP contribution in [0, 0.1) is 0 Å². The van der Waals surface area contributed by atoms with Gasteiger partial charge >= 0.3 is 6.09 Å². The normalized spacial score (nSPS) is 18.3. The van der Waals surface area contributed by atoms with E-state index in [-0.39, 0.29) is 6.04 Å². The molecule has 1 aromatic rings. The number of ether oxygens (including phenoxy) is 2. The summed E-state index contributed by atoms with van der Waals surface area (Å²) in [5, 5.41) is 2.87. The van der Waals surface area contributed by atoms with Crippen molar-refractivity contribution in [2.24, 2.45) is 0 Å². The molecule has 0 aromatic carbocycles. The molecule has 0 saturated carbocycles. The third-order valence-electron chi connectivity index (χ3n) is 3.46. The first-order chi connectivity index (χ1) is 9.87. The highest BCUT2D eigenvalue weighted by Crippen LogP contribution is 2.25. The highest BCUT2D eigenvalue weighted by Gasteiger charge is 2.23. The van der Waals surface area contributed by atoms with Crippen molar-refractivity contribution < 1.29 is 14.3 Å². The standard InChI is InChI=1S/C15H25N3O3/c1-11(17-14(19)21-15(2,3)4)13-9-16-10-18(13)12-5-7-20-8-6-12/h9-12H,5-8H2,1-4H3,(H,17,19)/t11-/m1/s1. The van der Waals surface area contributed by atoms with E-state index in [1.807, 2.05) is 34.0 Å². The van der Waals surface area contributed by atoms with Crippen LogP contribution in [0.1, 0.15) is 58.3 Å². The molecule has 1 aliphatic heterocycles. The molecular weight excluding hydrogens is 270 g/mol. The van der Waals surface area contributed by atoms with E-state index in [1.54, 1.807) is 6.20 Å². The monoisotopic (exact) mass is 295 g/mol. The van der Waals surface area contributed by atoms with E-state index in [0.717, 1.165) is 31.7 Å². The average molecular weight is 295 g/mol. The number of imidazole rings is 1. The second-order valence-corrected chi connectivity index (χ2v) is 6.44. The lowest BCUT2D eigenvalue weighted by Crippen LogP contribution is -2.35. The number of amides is 1. The maximum Gasteiger partial charge on any atom is 0.408 e. The summed E-state index contributed by atoms with van der Waals surface area (Å²) in [7, 11) is 0. The summed E-state index contributed by atoms with van der Waals surface area (Å²) in [6, 6.07) is 0.240. The Morgan fingerprint density at radius 3 is 2.76 bits per heavy atom. The van der Waals surface area contributed by atoms with Gasteiger partial charge in [0.05, 0.1) is 24.3 Å². The third-order valence-corrected chi connectivity index (χ3v) is 3.46. The van der Waals surface area contributed by atoms with Gasteiger partial charge in [-0.15, -0.1) is 0 Å². The average Bonchev–Trinajstić information content (AvgIpc) is 2.86. The van der Waals surface area contributed by atoms with Crippen LogP contribution in [-0.2, 0) is 9.47 Å². The van der Waals surface area contributed by atoms with Gasteiger partial charge in [0, 0.05) is 19.3 Å². The largest absolute Gasteiger partial charge is 0.444 e. The van der Waals surface area contributed by atoms with E-state index in [9.17, 15) is 4.79 Å². The molecule has 0 spiro atoms. The number of nitrogens with zero attached hydrogens (tertiary/aromatic N) is 2. The first kappa shape index (κ1) is 15.8. The Labute approximate surface area is 125 Å². The predicted molar refractivity (Wildman–Crippen MR) is 79.1 cm³/mol. The first-order valence-corrected chi connectivity index (χ1v) is 7.46. The molecule has 118 valence electrons. The van der Waals surface area contributed by atoms with Crippen molar-refractivity contribution in [2.45, 2.75) is 58.2 Å². The SMILES string of the molecule is C[C@@H](NC(=O)OC(C)(C)C)c1cncn1C1CCOCC1. The summed E-state index contributed by atoms with van der Waals surface area (Å²) in [6.45, 7) is 9.04. The van der Waals surface area contributed by atoms with Crippen molar-refractivity contribution in [3.8, 4) is 0 Å². The van der Waals surface area contributed by atoms with Crippen molar-refractivity contribution in [2.75, 3.05) is 13.2 Å². The number of hydrogen-bond acceptors (Lipinski definition) is 4. The third kappa shape index (κ3) is 4.46. The summed E-state index contributed by atoms with van der Waals surface area (Å²) in [5.74, 6) is 0. The van der Waals surface area contributed by atoms with Crippen LogP contribution in [0.3, 0.4) is 0 Å². The number of nitrogens with one attached hydrogen (secondary N) is 1. The molecule has 1 fully saturated rings. The van der Waals surface area contributed by atoms with Gasteiger partial charge in [-0.2, -0.15) is 0 Å². The molecule has 2 heterocycles. The highest BCUT2D eigenvalue weighted by atomic mass is 16.6. The Bertz CT molecular complexity index is 473. The molecule has 1 N–H and O–H groups in total. The lowest BCUT2D eigenvalue weighted by atomic mass is 10.1. The van der Waals surface area contributed by atoms with Crippen molar-refractivity contribution in [3.63, 3.8) is 0 Å². The van der Waals surface area contributed by atoms with Crippen molar-refractivity contribution in [1.29, 1.82) is 0 Å². The van der Waals surface area contributed by atoms with Crippen LogP contribution in [0.15, 0.2) is 12.5 Å². The van der Waals surface area contributed by atoms with Crippen LogP contribution >= 0.6 is 0 Å². The molecule has 1 saturated heterocycles. The van der Waals surface area contributed by atoms with Gasteiger partial charge in [-0.25, -0.2) is 9.78 Å². The number of hydrogen-bond donors (Lipinski definition) is 1. The Hall–Kier alpha value is -1.56. The number of aromatic nitrogens is 2. The molecule has 6 heteroatoms. The van der Waals surface area contributed by atoms with Crippen molar-refractivity contribution in [3.05, 3.63) is 18.2 Å². The second kappa shape index (κ2) is 6.47. The Balaban J connectivity index is 2.01. The molecule has 0 aliphatic carbocycles. The van der Waals surface area contributed by atoms with Crippen LogP contribution in [0.25, 0.3) is 0 Å². The summed E-state index contributed by atoms with van der Waals surface area (Å²) in [5.41, 5.74) is 0.498. The molecule has 2 rings (SSSR count). The van der Waals surface area contributed by atoms with Crippen LogP contribution in [0.4, 0.5) is 4.79 Å². The van der Waals surface area contributed by atoms with Crippen LogP contribution in [0.5, 0.6) is 0 Å². The fourth-order valence-electron chi connectivity index (χ4n) is 2.48. The van der Waals surface area contributed by atoms with E-state index in [2.05, 4.69) is 14.9 Å². The summed E-state index contributed by atoms with van der Waals surface area (Å²) in [4.78, 5) is 16.1.